The molecule has 0 unspecified atom stereocenters. The van der Waals surface area contributed by atoms with Crippen molar-refractivity contribution in [3.8, 4) is 11.1 Å². The predicted molar refractivity (Wildman–Crippen MR) is 75.4 cm³/mol. The first kappa shape index (κ1) is 11.7. The zero-order valence-corrected chi connectivity index (χ0v) is 10.6. The fraction of sp³-hybridized carbons (Fsp3) is 0.250. The molecule has 0 aromatic heterocycles. The Bertz CT molecular complexity index is 445. The maximum atomic E-state index is 2.29. The van der Waals surface area contributed by atoms with Crippen molar-refractivity contribution in [2.24, 2.45) is 0 Å². The molecule has 2 aromatic rings. The largest absolute Gasteiger partial charge is 0.375 e. The average molecular weight is 225 g/mol. The van der Waals surface area contributed by atoms with E-state index in [9.17, 15) is 0 Å². The van der Waals surface area contributed by atoms with Crippen LogP contribution in [0.1, 0.15) is 13.3 Å². The lowest BCUT2D eigenvalue weighted by Crippen LogP contribution is -2.17. The van der Waals surface area contributed by atoms with Gasteiger partial charge in [-0.2, -0.15) is 0 Å². The second-order valence-corrected chi connectivity index (χ2v) is 4.33. The number of rotatable bonds is 4. The minimum Gasteiger partial charge on any atom is -0.375 e. The van der Waals surface area contributed by atoms with Crippen molar-refractivity contribution in [2.75, 3.05) is 18.5 Å². The SMILES string of the molecule is CCCN(C)c1ccc(-c2ccccc2)cc1. The van der Waals surface area contributed by atoms with Crippen LogP contribution in [0, 0.1) is 0 Å². The van der Waals surface area contributed by atoms with Crippen LogP contribution in [0.2, 0.25) is 0 Å². The number of nitrogens with zero attached hydrogens (tertiary/aromatic N) is 1. The fourth-order valence-electron chi connectivity index (χ4n) is 2.00. The molecule has 0 radical (unpaired) electrons. The normalized spacial score (nSPS) is 10.2. The van der Waals surface area contributed by atoms with E-state index in [1.54, 1.807) is 0 Å². The molecule has 1 nitrogen and oxygen atoms in total. The summed E-state index contributed by atoms with van der Waals surface area (Å²) in [6.07, 6.45) is 1.18. The van der Waals surface area contributed by atoms with E-state index in [1.807, 2.05) is 6.07 Å². The highest BCUT2D eigenvalue weighted by Crippen LogP contribution is 2.22. The van der Waals surface area contributed by atoms with E-state index < -0.39 is 0 Å². The van der Waals surface area contributed by atoms with Gasteiger partial charge in [0, 0.05) is 19.3 Å². The molecular formula is C16H19N. The van der Waals surface area contributed by atoms with Gasteiger partial charge in [-0.3, -0.25) is 0 Å². The summed E-state index contributed by atoms with van der Waals surface area (Å²) in [6, 6.07) is 19.3. The molecule has 17 heavy (non-hydrogen) atoms. The summed E-state index contributed by atoms with van der Waals surface area (Å²) >= 11 is 0. The van der Waals surface area contributed by atoms with Crippen molar-refractivity contribution in [1.29, 1.82) is 0 Å². The Hall–Kier alpha value is -1.76. The smallest absolute Gasteiger partial charge is 0.0364 e. The number of benzene rings is 2. The lowest BCUT2D eigenvalue weighted by atomic mass is 10.1. The summed E-state index contributed by atoms with van der Waals surface area (Å²) in [6.45, 7) is 3.31. The lowest BCUT2D eigenvalue weighted by molar-refractivity contribution is 0.852. The third-order valence-electron chi connectivity index (χ3n) is 2.97. The molecule has 0 heterocycles. The van der Waals surface area contributed by atoms with Gasteiger partial charge in [0.1, 0.15) is 0 Å². The molecule has 0 N–H and O–H groups in total. The van der Waals surface area contributed by atoms with E-state index in [1.165, 1.54) is 23.2 Å². The van der Waals surface area contributed by atoms with Gasteiger partial charge in [0.15, 0.2) is 0 Å². The topological polar surface area (TPSA) is 3.24 Å². The Morgan fingerprint density at radius 3 is 2.00 bits per heavy atom. The summed E-state index contributed by atoms with van der Waals surface area (Å²) in [7, 11) is 2.14. The fourth-order valence-corrected chi connectivity index (χ4v) is 2.00. The highest BCUT2D eigenvalue weighted by Gasteiger charge is 2.00. The molecule has 0 aliphatic carbocycles. The molecule has 0 bridgehead atoms. The Morgan fingerprint density at radius 1 is 0.824 bits per heavy atom. The average Bonchev–Trinajstić information content (AvgIpc) is 2.40. The second kappa shape index (κ2) is 5.53. The van der Waals surface area contributed by atoms with Crippen molar-refractivity contribution in [3.05, 3.63) is 54.6 Å². The van der Waals surface area contributed by atoms with Gasteiger partial charge in [-0.1, -0.05) is 49.4 Å². The third kappa shape index (κ3) is 2.88. The molecule has 0 aliphatic heterocycles. The maximum Gasteiger partial charge on any atom is 0.0364 e. The summed E-state index contributed by atoms with van der Waals surface area (Å²) in [5.41, 5.74) is 3.84. The van der Waals surface area contributed by atoms with Crippen LogP contribution in [0.25, 0.3) is 11.1 Å². The van der Waals surface area contributed by atoms with Crippen LogP contribution in [0.3, 0.4) is 0 Å². The van der Waals surface area contributed by atoms with Gasteiger partial charge in [-0.15, -0.1) is 0 Å². The van der Waals surface area contributed by atoms with Crippen molar-refractivity contribution in [3.63, 3.8) is 0 Å². The van der Waals surface area contributed by atoms with Crippen LogP contribution in [0.5, 0.6) is 0 Å². The highest BCUT2D eigenvalue weighted by atomic mass is 15.1. The lowest BCUT2D eigenvalue weighted by Gasteiger charge is -2.18. The number of anilines is 1. The molecule has 0 spiro atoms. The van der Waals surface area contributed by atoms with E-state index in [0.717, 1.165) is 6.54 Å². The van der Waals surface area contributed by atoms with Gasteiger partial charge in [0.25, 0.3) is 0 Å². The summed E-state index contributed by atoms with van der Waals surface area (Å²) in [4.78, 5) is 2.29. The highest BCUT2D eigenvalue weighted by molar-refractivity contribution is 5.66. The quantitative estimate of drug-likeness (QED) is 0.753. The first-order chi connectivity index (χ1) is 8.31. The zero-order chi connectivity index (χ0) is 12.1. The Morgan fingerprint density at radius 2 is 1.41 bits per heavy atom. The van der Waals surface area contributed by atoms with Gasteiger partial charge >= 0.3 is 0 Å². The Balaban J connectivity index is 2.19. The molecule has 0 atom stereocenters. The standard InChI is InChI=1S/C16H19N/c1-3-13-17(2)16-11-9-15(10-12-16)14-7-5-4-6-8-14/h4-12H,3,13H2,1-2H3. The zero-order valence-electron chi connectivity index (χ0n) is 10.6. The summed E-state index contributed by atoms with van der Waals surface area (Å²) < 4.78 is 0. The van der Waals surface area contributed by atoms with Crippen LogP contribution in [-0.4, -0.2) is 13.6 Å². The third-order valence-corrected chi connectivity index (χ3v) is 2.97. The van der Waals surface area contributed by atoms with Gasteiger partial charge in [-0.25, -0.2) is 0 Å². The Labute approximate surface area is 104 Å². The van der Waals surface area contributed by atoms with Crippen LogP contribution >= 0.6 is 0 Å². The summed E-state index contributed by atoms with van der Waals surface area (Å²) in [5.74, 6) is 0. The molecule has 0 saturated carbocycles. The van der Waals surface area contributed by atoms with Crippen LogP contribution in [-0.2, 0) is 0 Å². The van der Waals surface area contributed by atoms with Crippen molar-refractivity contribution in [2.45, 2.75) is 13.3 Å². The summed E-state index contributed by atoms with van der Waals surface area (Å²) in [5, 5.41) is 0. The van der Waals surface area contributed by atoms with E-state index in [0.29, 0.717) is 0 Å². The molecule has 0 amide bonds. The van der Waals surface area contributed by atoms with E-state index in [4.69, 9.17) is 0 Å². The van der Waals surface area contributed by atoms with Gasteiger partial charge < -0.3 is 4.90 Å². The van der Waals surface area contributed by atoms with Gasteiger partial charge in [-0.05, 0) is 29.7 Å². The maximum absolute atomic E-state index is 2.29. The van der Waals surface area contributed by atoms with E-state index in [2.05, 4.69) is 67.4 Å². The molecular weight excluding hydrogens is 206 g/mol. The molecule has 2 rings (SSSR count). The van der Waals surface area contributed by atoms with Crippen LogP contribution < -0.4 is 4.90 Å². The predicted octanol–water partition coefficient (Wildman–Crippen LogP) is 4.20. The van der Waals surface area contributed by atoms with E-state index >= 15 is 0 Å². The minimum absolute atomic E-state index is 1.10. The van der Waals surface area contributed by atoms with Crippen molar-refractivity contribution in [1.82, 2.24) is 0 Å². The van der Waals surface area contributed by atoms with E-state index in [-0.39, 0.29) is 0 Å². The van der Waals surface area contributed by atoms with Crippen molar-refractivity contribution < 1.29 is 0 Å². The first-order valence-electron chi connectivity index (χ1n) is 6.18. The monoisotopic (exact) mass is 225 g/mol. The van der Waals surface area contributed by atoms with Crippen LogP contribution in [0.4, 0.5) is 5.69 Å². The minimum atomic E-state index is 1.10. The van der Waals surface area contributed by atoms with Gasteiger partial charge in [0.05, 0.1) is 0 Å². The molecule has 0 aliphatic rings. The molecule has 1 heteroatoms. The number of hydrogen-bond donors (Lipinski definition) is 0. The van der Waals surface area contributed by atoms with Crippen LogP contribution in [0.15, 0.2) is 54.6 Å². The van der Waals surface area contributed by atoms with Crippen molar-refractivity contribution >= 4 is 5.69 Å². The molecule has 0 fully saturated rings. The number of hydrogen-bond acceptors (Lipinski definition) is 1. The molecule has 0 saturated heterocycles. The molecule has 2 aromatic carbocycles. The second-order valence-electron chi connectivity index (χ2n) is 4.33. The van der Waals surface area contributed by atoms with Gasteiger partial charge in [0.2, 0.25) is 0 Å². The Kier molecular flexibility index (Phi) is 3.81. The molecule has 88 valence electrons. The first-order valence-corrected chi connectivity index (χ1v) is 6.18.